The van der Waals surface area contributed by atoms with Crippen molar-refractivity contribution in [3.05, 3.63) is 94.5 Å². The predicted molar refractivity (Wildman–Crippen MR) is 196 cm³/mol. The normalized spacial score (nSPS) is 15.6. The number of benzene rings is 4. The summed E-state index contributed by atoms with van der Waals surface area (Å²) in [5, 5.41) is 17.1. The van der Waals surface area contributed by atoms with E-state index in [9.17, 15) is 19.5 Å². The molecule has 4 aromatic carbocycles. The number of thiophene rings is 1. The van der Waals surface area contributed by atoms with E-state index in [1.807, 2.05) is 87.5 Å². The van der Waals surface area contributed by atoms with Crippen LogP contribution in [0, 0.1) is 0 Å². The third kappa shape index (κ3) is 5.35. The molecule has 9 nitrogen and oxygen atoms in total. The number of carbonyl (C=O) groups is 3. The van der Waals surface area contributed by atoms with Crippen LogP contribution >= 0.6 is 22.9 Å². The summed E-state index contributed by atoms with van der Waals surface area (Å²) in [5.74, 6) is -0.0420. The second kappa shape index (κ2) is 11.5. The van der Waals surface area contributed by atoms with E-state index in [-0.39, 0.29) is 29.6 Å². The molecule has 3 N–H and O–H groups in total. The Morgan fingerprint density at radius 1 is 0.980 bits per heavy atom. The molecule has 0 fully saturated rings. The van der Waals surface area contributed by atoms with Crippen LogP contribution < -0.4 is 15.1 Å². The van der Waals surface area contributed by atoms with E-state index >= 15 is 0 Å². The maximum absolute atomic E-state index is 13.9. The van der Waals surface area contributed by atoms with Gasteiger partial charge in [-0.2, -0.15) is 0 Å². The summed E-state index contributed by atoms with van der Waals surface area (Å²) < 4.78 is 6.50. The highest BCUT2D eigenvalue weighted by atomic mass is 35.5. The minimum Gasteiger partial charge on any atom is -0.507 e. The van der Waals surface area contributed by atoms with E-state index in [1.54, 1.807) is 15.9 Å². The monoisotopic (exact) mass is 692 g/mol. The molecule has 3 amide bonds. The lowest BCUT2D eigenvalue weighted by Crippen LogP contribution is -2.35. The van der Waals surface area contributed by atoms with Crippen molar-refractivity contribution in [3.8, 4) is 5.75 Å². The number of anilines is 3. The summed E-state index contributed by atoms with van der Waals surface area (Å²) in [6.45, 7) is 6.47. The van der Waals surface area contributed by atoms with Crippen LogP contribution in [0.5, 0.6) is 5.75 Å². The summed E-state index contributed by atoms with van der Waals surface area (Å²) >= 11 is 7.77. The Balaban J connectivity index is 1.03. The highest BCUT2D eigenvalue weighted by molar-refractivity contribution is 7.21. The number of alkyl halides is 1. The molecule has 2 aliphatic rings. The molecule has 2 aliphatic heterocycles. The summed E-state index contributed by atoms with van der Waals surface area (Å²) in [7, 11) is 0. The van der Waals surface area contributed by atoms with Crippen molar-refractivity contribution < 1.29 is 24.2 Å². The molecule has 11 heteroatoms. The van der Waals surface area contributed by atoms with Crippen molar-refractivity contribution in [3.63, 3.8) is 0 Å². The second-order valence-electron chi connectivity index (χ2n) is 13.5. The molecular formula is C38H33ClN4O5S. The van der Waals surface area contributed by atoms with Crippen LogP contribution in [0.3, 0.4) is 0 Å². The molecule has 8 rings (SSSR count). The van der Waals surface area contributed by atoms with Gasteiger partial charge in [-0.15, -0.1) is 22.9 Å². The molecule has 6 aromatic rings. The molecule has 1 atom stereocenters. The molecule has 0 unspecified atom stereocenters. The van der Waals surface area contributed by atoms with Crippen molar-refractivity contribution in [2.45, 2.75) is 38.7 Å². The molecule has 0 saturated heterocycles. The van der Waals surface area contributed by atoms with Crippen molar-refractivity contribution in [2.75, 3.05) is 34.1 Å². The van der Waals surface area contributed by atoms with Gasteiger partial charge in [-0.1, -0.05) is 24.3 Å². The lowest BCUT2D eigenvalue weighted by molar-refractivity contribution is 0.0583. The number of aromatic amines is 1. The first-order chi connectivity index (χ1) is 23.5. The number of halogens is 1. The number of aromatic nitrogens is 1. The molecule has 4 heterocycles. The Bertz CT molecular complexity index is 2360. The zero-order chi connectivity index (χ0) is 34.2. The fourth-order valence-electron chi connectivity index (χ4n) is 7.04. The Morgan fingerprint density at radius 2 is 1.78 bits per heavy atom. The lowest BCUT2D eigenvalue weighted by Gasteiger charge is -2.24. The van der Waals surface area contributed by atoms with Gasteiger partial charge in [0.15, 0.2) is 0 Å². The van der Waals surface area contributed by atoms with E-state index in [0.717, 1.165) is 48.6 Å². The first kappa shape index (κ1) is 31.2. The number of carbonyl (C=O) groups excluding carboxylic acids is 3. The van der Waals surface area contributed by atoms with Crippen LogP contribution in [0.4, 0.5) is 21.9 Å². The molecule has 0 bridgehead atoms. The first-order valence-corrected chi connectivity index (χ1v) is 17.5. The largest absolute Gasteiger partial charge is 0.507 e. The number of amides is 3. The van der Waals surface area contributed by atoms with Crippen LogP contribution in [-0.4, -0.2) is 52.6 Å². The van der Waals surface area contributed by atoms with Gasteiger partial charge in [-0.05, 0) is 91.6 Å². The Labute approximate surface area is 291 Å². The number of hydrogen-bond acceptors (Lipinski definition) is 6. The quantitative estimate of drug-likeness (QED) is 0.160. The third-order valence-corrected chi connectivity index (χ3v) is 10.7. The number of H-pyrrole nitrogens is 1. The zero-order valence-electron chi connectivity index (χ0n) is 27.1. The number of fused-ring (bicyclic) bond motifs is 7. The molecule has 248 valence electrons. The third-order valence-electron chi connectivity index (χ3n) is 9.19. The fraction of sp³-hybridized carbons (Fsp3) is 0.237. The van der Waals surface area contributed by atoms with E-state index in [0.29, 0.717) is 47.3 Å². The van der Waals surface area contributed by atoms with Crippen molar-refractivity contribution in [1.82, 2.24) is 4.98 Å². The number of aromatic hydroxyl groups is 1. The van der Waals surface area contributed by atoms with E-state index in [1.165, 1.54) is 11.3 Å². The van der Waals surface area contributed by atoms with E-state index < -0.39 is 5.60 Å². The molecular weight excluding hydrogens is 660 g/mol. The van der Waals surface area contributed by atoms with Crippen LogP contribution in [0.2, 0.25) is 0 Å². The minimum absolute atomic E-state index is 0.0584. The number of phenolic OH excluding ortho intramolecular Hbond substituents is 1. The molecule has 2 aromatic heterocycles. The Morgan fingerprint density at radius 3 is 2.55 bits per heavy atom. The smallest absolute Gasteiger partial charge is 0.414 e. The van der Waals surface area contributed by atoms with Gasteiger partial charge in [-0.25, -0.2) is 4.79 Å². The maximum atomic E-state index is 13.9. The summed E-state index contributed by atoms with van der Waals surface area (Å²) in [6.07, 6.45) is 0.277. The molecule has 49 heavy (non-hydrogen) atoms. The first-order valence-electron chi connectivity index (χ1n) is 16.1. The predicted octanol–water partition coefficient (Wildman–Crippen LogP) is 8.77. The van der Waals surface area contributed by atoms with Gasteiger partial charge in [0.05, 0.1) is 16.3 Å². The summed E-state index contributed by atoms with van der Waals surface area (Å²) in [4.78, 5) is 47.3. The second-order valence-corrected chi connectivity index (χ2v) is 14.9. The van der Waals surface area contributed by atoms with Crippen LogP contribution in [0.25, 0.3) is 31.8 Å². The molecule has 0 spiro atoms. The fourth-order valence-corrected chi connectivity index (χ4v) is 8.29. The van der Waals surface area contributed by atoms with Crippen LogP contribution in [0.15, 0.2) is 72.8 Å². The molecule has 0 saturated carbocycles. The number of phenols is 1. The van der Waals surface area contributed by atoms with Gasteiger partial charge in [0, 0.05) is 57.6 Å². The lowest BCUT2D eigenvalue weighted by atomic mass is 9.95. The number of ether oxygens (including phenoxy) is 1. The highest BCUT2D eigenvalue weighted by Crippen LogP contribution is 2.46. The van der Waals surface area contributed by atoms with Gasteiger partial charge < -0.3 is 25.0 Å². The van der Waals surface area contributed by atoms with Crippen molar-refractivity contribution >= 4 is 89.7 Å². The molecule has 0 aliphatic carbocycles. The summed E-state index contributed by atoms with van der Waals surface area (Å²) in [6, 6.07) is 22.3. The SMILES string of the molecule is CC(C)(C)OC(=O)N1CCc2c1ccc1[nH]c(C(=O)Nc3ccc4sc(C(=O)N5C[C@@H](CCl)c6c5cc(O)c5ccccc65)cc4c3)cc21. The Kier molecular flexibility index (Phi) is 7.35. The maximum Gasteiger partial charge on any atom is 0.414 e. The number of hydrogen-bond donors (Lipinski definition) is 3. The highest BCUT2D eigenvalue weighted by Gasteiger charge is 2.35. The molecule has 0 radical (unpaired) electrons. The average Bonchev–Trinajstić information content (AvgIpc) is 3.86. The van der Waals surface area contributed by atoms with Crippen LogP contribution in [0.1, 0.15) is 58.0 Å². The van der Waals surface area contributed by atoms with Gasteiger partial charge in [-0.3, -0.25) is 14.5 Å². The topological polar surface area (TPSA) is 115 Å². The summed E-state index contributed by atoms with van der Waals surface area (Å²) in [5.41, 5.74) is 4.66. The van der Waals surface area contributed by atoms with Crippen LogP contribution in [-0.2, 0) is 11.2 Å². The van der Waals surface area contributed by atoms with Gasteiger partial charge in [0.2, 0.25) is 0 Å². The van der Waals surface area contributed by atoms with Gasteiger partial charge in [0.1, 0.15) is 17.0 Å². The Hall–Kier alpha value is -5.06. The standard InChI is InChI=1S/C38H33ClN4O5S/c1-38(2,3)48-37(47)42-13-12-23-26-16-28(41-27(26)9-10-29(23)42)35(45)40-22-8-11-32-20(14-22)15-33(49-32)36(46)43-19-21(18-39)34-25-7-5-4-6-24(25)31(44)17-30(34)43/h4-11,14-17,21,41,44H,12-13,18-19H2,1-3H3,(H,40,45)/t21-/m1/s1. The van der Waals surface area contributed by atoms with Crippen molar-refractivity contribution in [2.24, 2.45) is 0 Å². The minimum atomic E-state index is -0.596. The van der Waals surface area contributed by atoms with E-state index in [4.69, 9.17) is 16.3 Å². The average molecular weight is 693 g/mol. The van der Waals surface area contributed by atoms with Crippen molar-refractivity contribution in [1.29, 1.82) is 0 Å². The number of nitrogens with one attached hydrogen (secondary N) is 2. The number of nitrogens with zero attached hydrogens (tertiary/aromatic N) is 2. The van der Waals surface area contributed by atoms with Gasteiger partial charge >= 0.3 is 6.09 Å². The zero-order valence-corrected chi connectivity index (χ0v) is 28.7. The number of rotatable bonds is 4. The van der Waals surface area contributed by atoms with E-state index in [2.05, 4.69) is 10.3 Å². The van der Waals surface area contributed by atoms with Gasteiger partial charge in [0.25, 0.3) is 11.8 Å².